The summed E-state index contributed by atoms with van der Waals surface area (Å²) in [7, 11) is 1.68. The van der Waals surface area contributed by atoms with E-state index in [2.05, 4.69) is 4.57 Å². The lowest BCUT2D eigenvalue weighted by atomic mass is 10.1. The van der Waals surface area contributed by atoms with Crippen molar-refractivity contribution in [3.05, 3.63) is 63.8 Å². The van der Waals surface area contributed by atoms with Gasteiger partial charge in [0.2, 0.25) is 0 Å². The van der Waals surface area contributed by atoms with Gasteiger partial charge in [0.15, 0.2) is 4.80 Å². The molecule has 1 heterocycles. The zero-order valence-electron chi connectivity index (χ0n) is 15.9. The number of primary amides is 1. The summed E-state index contributed by atoms with van der Waals surface area (Å²) in [6.45, 7) is 3.39. The van der Waals surface area contributed by atoms with Crippen molar-refractivity contribution in [3.8, 4) is 17.0 Å². The van der Waals surface area contributed by atoms with E-state index < -0.39 is 5.91 Å². The number of hydrogen-bond donors (Lipinski definition) is 2. The molecule has 1 aromatic heterocycles. The third-order valence-corrected chi connectivity index (χ3v) is 5.21. The molecule has 7 heteroatoms. The molecule has 0 unspecified atom stereocenters. The smallest absolute Gasteiger partial charge is 0.252 e. The van der Waals surface area contributed by atoms with Crippen molar-refractivity contribution in [2.75, 3.05) is 13.7 Å². The molecule has 3 rings (SSSR count). The number of carbonyl (C=O) groups is 1. The highest BCUT2D eigenvalue weighted by Gasteiger charge is 2.13. The van der Waals surface area contributed by atoms with E-state index in [1.54, 1.807) is 19.2 Å². The maximum atomic E-state index is 11.6. The average Bonchev–Trinajstić information content (AvgIpc) is 3.06. The zero-order chi connectivity index (χ0) is 20.1. The third-order valence-electron chi connectivity index (χ3n) is 4.34. The fraction of sp³-hybridized carbons (Fsp3) is 0.238. The first-order valence-electron chi connectivity index (χ1n) is 8.91. The fourth-order valence-corrected chi connectivity index (χ4v) is 3.81. The molecule has 0 aliphatic heterocycles. The van der Waals surface area contributed by atoms with Crippen LogP contribution in [-0.4, -0.2) is 29.3 Å². The molecule has 0 aliphatic rings. The predicted molar refractivity (Wildman–Crippen MR) is 111 cm³/mol. The van der Waals surface area contributed by atoms with Gasteiger partial charge in [-0.2, -0.15) is 0 Å². The summed E-state index contributed by atoms with van der Waals surface area (Å²) in [5.74, 6) is -0.785. The number of methoxy groups -OCH3 is 1. The molecule has 0 saturated carbocycles. The van der Waals surface area contributed by atoms with Crippen LogP contribution in [0.4, 0.5) is 5.69 Å². The molecule has 6 nitrogen and oxygen atoms in total. The molecule has 28 heavy (non-hydrogen) atoms. The molecule has 0 aliphatic carbocycles. The second-order valence-electron chi connectivity index (χ2n) is 6.45. The van der Waals surface area contributed by atoms with Gasteiger partial charge in [-0.3, -0.25) is 4.79 Å². The minimum Gasteiger partial charge on any atom is -0.507 e. The zero-order valence-corrected chi connectivity index (χ0v) is 16.7. The van der Waals surface area contributed by atoms with E-state index in [4.69, 9.17) is 15.5 Å². The van der Waals surface area contributed by atoms with Crippen LogP contribution in [0.3, 0.4) is 0 Å². The van der Waals surface area contributed by atoms with Crippen LogP contribution in [0.2, 0.25) is 0 Å². The van der Waals surface area contributed by atoms with Gasteiger partial charge in [0.1, 0.15) is 5.75 Å². The molecule has 146 valence electrons. The normalized spacial score (nSPS) is 11.7. The quantitative estimate of drug-likeness (QED) is 0.597. The van der Waals surface area contributed by atoms with E-state index in [0.29, 0.717) is 13.2 Å². The van der Waals surface area contributed by atoms with E-state index in [0.717, 1.165) is 28.2 Å². The first-order chi connectivity index (χ1) is 13.5. The van der Waals surface area contributed by atoms with Gasteiger partial charge < -0.3 is 20.1 Å². The number of rotatable bonds is 7. The Morgan fingerprint density at radius 1 is 1.25 bits per heavy atom. The molecule has 0 radical (unpaired) electrons. The van der Waals surface area contributed by atoms with Gasteiger partial charge in [0.25, 0.3) is 5.91 Å². The predicted octanol–water partition coefficient (Wildman–Crippen LogP) is 3.60. The van der Waals surface area contributed by atoms with E-state index >= 15 is 0 Å². The Kier molecular flexibility index (Phi) is 6.28. The summed E-state index contributed by atoms with van der Waals surface area (Å²) >= 11 is 1.52. The van der Waals surface area contributed by atoms with Gasteiger partial charge in [-0.05, 0) is 43.7 Å². The van der Waals surface area contributed by atoms with Crippen molar-refractivity contribution in [1.29, 1.82) is 0 Å². The number of nitrogens with two attached hydrogens (primary N) is 1. The Hall–Kier alpha value is -2.90. The van der Waals surface area contributed by atoms with Gasteiger partial charge in [-0.1, -0.05) is 17.7 Å². The van der Waals surface area contributed by atoms with Crippen LogP contribution in [0.5, 0.6) is 5.75 Å². The number of phenols is 1. The summed E-state index contributed by atoms with van der Waals surface area (Å²) < 4.78 is 7.29. The summed E-state index contributed by atoms with van der Waals surface area (Å²) in [5, 5.41) is 11.9. The minimum atomic E-state index is -0.662. The molecule has 0 bridgehead atoms. The highest BCUT2D eigenvalue weighted by molar-refractivity contribution is 7.07. The topological polar surface area (TPSA) is 89.8 Å². The molecule has 1 amide bonds. The van der Waals surface area contributed by atoms with E-state index in [1.807, 2.05) is 36.6 Å². The van der Waals surface area contributed by atoms with Crippen LogP contribution >= 0.6 is 11.3 Å². The van der Waals surface area contributed by atoms with Crippen LogP contribution < -0.4 is 10.5 Å². The van der Waals surface area contributed by atoms with Gasteiger partial charge in [0.05, 0.1) is 16.9 Å². The number of thiazole rings is 1. The number of benzene rings is 2. The van der Waals surface area contributed by atoms with E-state index in [-0.39, 0.29) is 11.3 Å². The molecule has 0 fully saturated rings. The Morgan fingerprint density at radius 3 is 2.68 bits per heavy atom. The third kappa shape index (κ3) is 4.49. The van der Waals surface area contributed by atoms with Crippen molar-refractivity contribution in [2.24, 2.45) is 10.7 Å². The van der Waals surface area contributed by atoms with Crippen LogP contribution in [0.1, 0.15) is 22.3 Å². The van der Waals surface area contributed by atoms with Crippen LogP contribution in [0.15, 0.2) is 52.8 Å². The summed E-state index contributed by atoms with van der Waals surface area (Å²) in [4.78, 5) is 17.2. The number of aromatic hydroxyl groups is 1. The first-order valence-corrected chi connectivity index (χ1v) is 9.79. The van der Waals surface area contributed by atoms with Crippen molar-refractivity contribution in [2.45, 2.75) is 19.9 Å². The van der Waals surface area contributed by atoms with Gasteiger partial charge >= 0.3 is 0 Å². The molecule has 0 atom stereocenters. The van der Waals surface area contributed by atoms with Gasteiger partial charge in [0, 0.05) is 31.2 Å². The number of aryl methyl sites for hydroxylation is 1. The molecular weight excluding hydrogens is 374 g/mol. The summed E-state index contributed by atoms with van der Waals surface area (Å²) in [6.07, 6.45) is 0.822. The number of ether oxygens (including phenoxy) is 1. The standard InChI is InChI=1S/C21H23N3O3S/c1-14-4-7-16(8-5-14)23-21-24(10-3-11-27-2)18(13-28-21)15-6-9-19(25)17(12-15)20(22)26/h4-9,12-13,25H,3,10-11H2,1-2H3,(H2,22,26). The number of carbonyl (C=O) groups excluding carboxylic acids is 1. The molecular formula is C21H23N3O3S. The summed E-state index contributed by atoms with van der Waals surface area (Å²) in [5.41, 5.74) is 9.25. The lowest BCUT2D eigenvalue weighted by molar-refractivity contribution is 0.0998. The van der Waals surface area contributed by atoms with Crippen molar-refractivity contribution in [3.63, 3.8) is 0 Å². The maximum absolute atomic E-state index is 11.6. The lowest BCUT2D eigenvalue weighted by Crippen LogP contribution is -2.17. The SMILES string of the molecule is COCCCn1c(-c2ccc(O)c(C(N)=O)c2)csc1=Nc1ccc(C)cc1. The molecule has 2 aromatic carbocycles. The fourth-order valence-electron chi connectivity index (χ4n) is 2.85. The second-order valence-corrected chi connectivity index (χ2v) is 7.28. The Balaban J connectivity index is 2.09. The molecule has 0 saturated heterocycles. The van der Waals surface area contributed by atoms with E-state index in [9.17, 15) is 9.90 Å². The first kappa shape index (κ1) is 19.9. The highest BCUT2D eigenvalue weighted by Crippen LogP contribution is 2.27. The van der Waals surface area contributed by atoms with E-state index in [1.165, 1.54) is 23.0 Å². The van der Waals surface area contributed by atoms with Crippen molar-refractivity contribution in [1.82, 2.24) is 4.57 Å². The number of nitrogens with zero attached hydrogens (tertiary/aromatic N) is 2. The molecule has 0 spiro atoms. The maximum Gasteiger partial charge on any atom is 0.252 e. The van der Waals surface area contributed by atoms with Crippen molar-refractivity contribution < 1.29 is 14.6 Å². The van der Waals surface area contributed by atoms with Crippen LogP contribution in [0.25, 0.3) is 11.3 Å². The monoisotopic (exact) mass is 397 g/mol. The number of aromatic nitrogens is 1. The second kappa shape index (κ2) is 8.86. The average molecular weight is 398 g/mol. The largest absolute Gasteiger partial charge is 0.507 e. The van der Waals surface area contributed by atoms with Gasteiger partial charge in [-0.15, -0.1) is 11.3 Å². The Labute approximate surface area is 167 Å². The Bertz CT molecular complexity index is 1040. The molecule has 3 aromatic rings. The summed E-state index contributed by atoms with van der Waals surface area (Å²) in [6, 6.07) is 12.9. The van der Waals surface area contributed by atoms with Gasteiger partial charge in [-0.25, -0.2) is 4.99 Å². The van der Waals surface area contributed by atoms with Crippen molar-refractivity contribution >= 4 is 22.9 Å². The lowest BCUT2D eigenvalue weighted by Gasteiger charge is -2.10. The Morgan fingerprint density at radius 2 is 2.00 bits per heavy atom. The van der Waals surface area contributed by atoms with Crippen LogP contribution in [-0.2, 0) is 11.3 Å². The number of hydrogen-bond acceptors (Lipinski definition) is 5. The number of amides is 1. The highest BCUT2D eigenvalue weighted by atomic mass is 32.1. The minimum absolute atomic E-state index is 0.101. The molecule has 3 N–H and O–H groups in total. The van der Waals surface area contributed by atoms with Crippen LogP contribution in [0, 0.1) is 6.92 Å².